The minimum atomic E-state index is 0.143. The van der Waals surface area contributed by atoms with Crippen molar-refractivity contribution in [3.8, 4) is 0 Å². The fourth-order valence-corrected chi connectivity index (χ4v) is 2.57. The molecule has 0 radical (unpaired) electrons. The smallest absolute Gasteiger partial charge is 0.227 e. The molecule has 1 saturated carbocycles. The van der Waals surface area contributed by atoms with Crippen LogP contribution in [-0.4, -0.2) is 10.9 Å². The molecule has 1 aromatic heterocycles. The summed E-state index contributed by atoms with van der Waals surface area (Å²) in [6, 6.07) is 9.90. The van der Waals surface area contributed by atoms with E-state index >= 15 is 0 Å². The Morgan fingerprint density at radius 3 is 2.83 bits per heavy atom. The van der Waals surface area contributed by atoms with Gasteiger partial charge < -0.3 is 5.32 Å². The molecule has 2 aromatic rings. The van der Waals surface area contributed by atoms with Crippen molar-refractivity contribution < 1.29 is 4.79 Å². The van der Waals surface area contributed by atoms with E-state index < -0.39 is 0 Å². The van der Waals surface area contributed by atoms with Gasteiger partial charge in [-0.15, -0.1) is 0 Å². The Morgan fingerprint density at radius 1 is 1.22 bits per heavy atom. The van der Waals surface area contributed by atoms with E-state index in [1.807, 2.05) is 30.3 Å². The van der Waals surface area contributed by atoms with Crippen molar-refractivity contribution in [3.63, 3.8) is 0 Å². The Labute approximate surface area is 106 Å². The predicted molar refractivity (Wildman–Crippen MR) is 72.3 cm³/mol. The number of benzene rings is 1. The zero-order chi connectivity index (χ0) is 12.4. The van der Waals surface area contributed by atoms with Crippen molar-refractivity contribution in [2.75, 3.05) is 5.32 Å². The van der Waals surface area contributed by atoms with Gasteiger partial charge in [0.15, 0.2) is 0 Å². The van der Waals surface area contributed by atoms with Crippen molar-refractivity contribution >= 4 is 22.5 Å². The number of aromatic nitrogens is 1. The van der Waals surface area contributed by atoms with Gasteiger partial charge in [0.1, 0.15) is 0 Å². The monoisotopic (exact) mass is 240 g/mol. The topological polar surface area (TPSA) is 42.0 Å². The maximum absolute atomic E-state index is 12.0. The Hall–Kier alpha value is -1.90. The van der Waals surface area contributed by atoms with Crippen LogP contribution < -0.4 is 5.32 Å². The fraction of sp³-hybridized carbons (Fsp3) is 0.333. The van der Waals surface area contributed by atoms with Crippen molar-refractivity contribution in [3.05, 3.63) is 36.5 Å². The number of rotatable bonds is 2. The molecule has 1 aliphatic carbocycles. The van der Waals surface area contributed by atoms with Gasteiger partial charge in [0.05, 0.1) is 17.4 Å². The Kier molecular flexibility index (Phi) is 2.97. The minimum absolute atomic E-state index is 0.143. The predicted octanol–water partition coefficient (Wildman–Crippen LogP) is 3.36. The second-order valence-electron chi connectivity index (χ2n) is 4.89. The molecule has 1 heterocycles. The lowest BCUT2D eigenvalue weighted by molar-refractivity contribution is -0.119. The quantitative estimate of drug-likeness (QED) is 0.874. The number of carbonyl (C=O) groups is 1. The molecule has 18 heavy (non-hydrogen) atoms. The molecule has 0 saturated heterocycles. The van der Waals surface area contributed by atoms with Crippen LogP contribution in [-0.2, 0) is 4.79 Å². The summed E-state index contributed by atoms with van der Waals surface area (Å²) in [5, 5.41) is 4.03. The Bertz CT molecular complexity index is 573. The maximum atomic E-state index is 12.0. The molecule has 3 nitrogen and oxygen atoms in total. The lowest BCUT2D eigenvalue weighted by Gasteiger charge is -2.10. The number of anilines is 1. The molecular weight excluding hydrogens is 224 g/mol. The highest BCUT2D eigenvalue weighted by atomic mass is 16.1. The summed E-state index contributed by atoms with van der Waals surface area (Å²) in [5.74, 6) is 0.334. The van der Waals surface area contributed by atoms with Crippen LogP contribution in [0.1, 0.15) is 25.7 Å². The number of nitrogens with zero attached hydrogens (tertiary/aromatic N) is 1. The molecule has 3 rings (SSSR count). The first-order valence-corrected chi connectivity index (χ1v) is 6.48. The van der Waals surface area contributed by atoms with Crippen LogP contribution in [0.3, 0.4) is 0 Å². The lowest BCUT2D eigenvalue weighted by atomic mass is 10.1. The largest absolute Gasteiger partial charge is 0.324 e. The molecule has 1 amide bonds. The van der Waals surface area contributed by atoms with Gasteiger partial charge in [0.25, 0.3) is 0 Å². The first-order chi connectivity index (χ1) is 8.83. The standard InChI is InChI=1S/C15H16N2O/c18-15(11-5-1-2-6-11)17-13-9-12-7-3-4-8-14(12)16-10-13/h3-4,7-11H,1-2,5-6H2,(H,17,18). The zero-order valence-corrected chi connectivity index (χ0v) is 10.2. The average Bonchev–Trinajstić information content (AvgIpc) is 2.92. The Balaban J connectivity index is 1.79. The third-order valence-corrected chi connectivity index (χ3v) is 3.58. The second-order valence-corrected chi connectivity index (χ2v) is 4.89. The molecule has 1 aliphatic rings. The second kappa shape index (κ2) is 4.77. The van der Waals surface area contributed by atoms with Gasteiger partial charge in [-0.3, -0.25) is 9.78 Å². The van der Waals surface area contributed by atoms with Gasteiger partial charge in [-0.2, -0.15) is 0 Å². The molecular formula is C15H16N2O. The van der Waals surface area contributed by atoms with E-state index in [2.05, 4.69) is 10.3 Å². The van der Waals surface area contributed by atoms with E-state index in [0.29, 0.717) is 0 Å². The molecule has 1 fully saturated rings. The van der Waals surface area contributed by atoms with Crippen molar-refractivity contribution in [2.24, 2.45) is 5.92 Å². The first-order valence-electron chi connectivity index (χ1n) is 6.48. The lowest BCUT2D eigenvalue weighted by Crippen LogP contribution is -2.20. The van der Waals surface area contributed by atoms with Gasteiger partial charge in [0, 0.05) is 11.3 Å². The Morgan fingerprint density at radius 2 is 2.00 bits per heavy atom. The highest BCUT2D eigenvalue weighted by Crippen LogP contribution is 2.26. The number of pyridine rings is 1. The van der Waals surface area contributed by atoms with E-state index in [0.717, 1.165) is 29.4 Å². The molecule has 0 spiro atoms. The van der Waals surface area contributed by atoms with Gasteiger partial charge in [-0.05, 0) is 25.0 Å². The number of hydrogen-bond acceptors (Lipinski definition) is 2. The summed E-state index contributed by atoms with van der Waals surface area (Å²) in [5.41, 5.74) is 1.75. The van der Waals surface area contributed by atoms with Crippen molar-refractivity contribution in [1.29, 1.82) is 0 Å². The zero-order valence-electron chi connectivity index (χ0n) is 10.2. The molecule has 0 unspecified atom stereocenters. The number of hydrogen-bond donors (Lipinski definition) is 1. The summed E-state index contributed by atoms with van der Waals surface area (Å²) in [6.07, 6.45) is 6.12. The summed E-state index contributed by atoms with van der Waals surface area (Å²) >= 11 is 0. The van der Waals surface area contributed by atoms with Crippen molar-refractivity contribution in [2.45, 2.75) is 25.7 Å². The van der Waals surface area contributed by atoms with E-state index in [1.165, 1.54) is 12.8 Å². The number of carbonyl (C=O) groups excluding carboxylic acids is 1. The summed E-state index contributed by atoms with van der Waals surface area (Å²) in [7, 11) is 0. The third-order valence-electron chi connectivity index (χ3n) is 3.58. The highest BCUT2D eigenvalue weighted by molar-refractivity contribution is 5.94. The SMILES string of the molecule is O=C(Nc1cnc2ccccc2c1)C1CCCC1. The average molecular weight is 240 g/mol. The van der Waals surface area contributed by atoms with Crippen LogP contribution in [0.2, 0.25) is 0 Å². The van der Waals surface area contributed by atoms with Gasteiger partial charge in [-0.1, -0.05) is 31.0 Å². The van der Waals surface area contributed by atoms with Crippen LogP contribution in [0.25, 0.3) is 10.9 Å². The van der Waals surface area contributed by atoms with Crippen LogP contribution in [0.5, 0.6) is 0 Å². The van der Waals surface area contributed by atoms with E-state index in [4.69, 9.17) is 0 Å². The van der Waals surface area contributed by atoms with Crippen LogP contribution in [0, 0.1) is 5.92 Å². The van der Waals surface area contributed by atoms with Crippen LogP contribution >= 0.6 is 0 Å². The van der Waals surface area contributed by atoms with Crippen LogP contribution in [0.15, 0.2) is 36.5 Å². The molecule has 0 atom stereocenters. The number of fused-ring (bicyclic) bond motifs is 1. The molecule has 0 aliphatic heterocycles. The summed E-state index contributed by atoms with van der Waals surface area (Å²) in [6.45, 7) is 0. The molecule has 92 valence electrons. The van der Waals surface area contributed by atoms with E-state index in [9.17, 15) is 4.79 Å². The summed E-state index contributed by atoms with van der Waals surface area (Å²) in [4.78, 5) is 16.4. The maximum Gasteiger partial charge on any atom is 0.227 e. The van der Waals surface area contributed by atoms with Gasteiger partial charge in [0.2, 0.25) is 5.91 Å². The van der Waals surface area contributed by atoms with E-state index in [-0.39, 0.29) is 11.8 Å². The number of amides is 1. The van der Waals surface area contributed by atoms with E-state index in [1.54, 1.807) is 6.20 Å². The number of para-hydroxylation sites is 1. The van der Waals surface area contributed by atoms with Gasteiger partial charge >= 0.3 is 0 Å². The summed E-state index contributed by atoms with van der Waals surface area (Å²) < 4.78 is 0. The minimum Gasteiger partial charge on any atom is -0.324 e. The van der Waals surface area contributed by atoms with Gasteiger partial charge in [-0.25, -0.2) is 0 Å². The molecule has 0 bridgehead atoms. The number of nitrogens with one attached hydrogen (secondary N) is 1. The fourth-order valence-electron chi connectivity index (χ4n) is 2.57. The normalized spacial score (nSPS) is 16.0. The third kappa shape index (κ3) is 2.21. The van der Waals surface area contributed by atoms with Crippen molar-refractivity contribution in [1.82, 2.24) is 4.98 Å². The highest BCUT2D eigenvalue weighted by Gasteiger charge is 2.22. The molecule has 1 N–H and O–H groups in total. The first kappa shape index (κ1) is 11.2. The molecule has 3 heteroatoms. The molecule has 1 aromatic carbocycles. The van der Waals surface area contributed by atoms with Crippen LogP contribution in [0.4, 0.5) is 5.69 Å².